The summed E-state index contributed by atoms with van der Waals surface area (Å²) in [6.07, 6.45) is 6.42. The molecule has 1 aliphatic carbocycles. The first-order chi connectivity index (χ1) is 7.44. The highest BCUT2D eigenvalue weighted by Crippen LogP contribution is 2.53. The van der Waals surface area contributed by atoms with Crippen molar-refractivity contribution >= 4 is 5.84 Å². The molecule has 0 aromatic heterocycles. The number of piperidine rings is 1. The minimum atomic E-state index is -0.930. The highest BCUT2D eigenvalue weighted by atomic mass is 16.3. The van der Waals surface area contributed by atoms with Crippen molar-refractivity contribution in [2.75, 3.05) is 13.1 Å². The normalized spacial score (nSPS) is 25.0. The molecule has 92 valence electrons. The minimum absolute atomic E-state index is 0.712. The Morgan fingerprint density at radius 2 is 1.81 bits per heavy atom. The Morgan fingerprint density at radius 1 is 1.25 bits per heavy atom. The van der Waals surface area contributed by atoms with E-state index in [1.54, 1.807) is 13.8 Å². The zero-order valence-corrected chi connectivity index (χ0v) is 10.8. The number of nitrogens with zero attached hydrogens (tertiary/aromatic N) is 2. The molecular weight excluding hydrogens is 200 g/mol. The summed E-state index contributed by atoms with van der Waals surface area (Å²) in [5.41, 5.74) is -0.218. The highest BCUT2D eigenvalue weighted by Gasteiger charge is 2.44. The van der Waals surface area contributed by atoms with E-state index in [2.05, 4.69) is 16.8 Å². The number of hydrogen-bond acceptors (Lipinski definition) is 2. The van der Waals surface area contributed by atoms with Gasteiger partial charge in [0.15, 0.2) is 5.72 Å². The molecule has 1 heterocycles. The van der Waals surface area contributed by atoms with Gasteiger partial charge >= 0.3 is 0 Å². The maximum Gasteiger partial charge on any atom is 0.152 e. The second-order valence-corrected chi connectivity index (χ2v) is 5.86. The summed E-state index contributed by atoms with van der Waals surface area (Å²) in [5, 5.41) is 9.75. The standard InChI is InChI=1S/C13H24N2O/c1-4-11(14-12(2,3)16)15-9-7-13(5-6-13)8-10-15/h16H,4-10H2,1-3H3. The van der Waals surface area contributed by atoms with E-state index in [4.69, 9.17) is 0 Å². The van der Waals surface area contributed by atoms with Gasteiger partial charge in [-0.05, 0) is 44.9 Å². The van der Waals surface area contributed by atoms with Gasteiger partial charge in [0.2, 0.25) is 0 Å². The number of hydrogen-bond donors (Lipinski definition) is 1. The molecule has 1 saturated heterocycles. The summed E-state index contributed by atoms with van der Waals surface area (Å²) < 4.78 is 0. The second-order valence-electron chi connectivity index (χ2n) is 5.86. The molecule has 1 spiro atoms. The predicted octanol–water partition coefficient (Wildman–Crippen LogP) is 2.40. The van der Waals surface area contributed by atoms with Crippen LogP contribution in [0.1, 0.15) is 52.9 Å². The van der Waals surface area contributed by atoms with Crippen LogP contribution in [0.5, 0.6) is 0 Å². The SMILES string of the molecule is CCC(=NC(C)(C)O)N1CCC2(CC1)CC2. The molecule has 2 rings (SSSR count). The van der Waals surface area contributed by atoms with E-state index in [0.29, 0.717) is 5.41 Å². The number of aliphatic hydroxyl groups is 1. The molecule has 0 aromatic carbocycles. The number of likely N-dealkylation sites (tertiary alicyclic amines) is 1. The summed E-state index contributed by atoms with van der Waals surface area (Å²) in [7, 11) is 0. The van der Waals surface area contributed by atoms with Crippen molar-refractivity contribution in [1.29, 1.82) is 0 Å². The van der Waals surface area contributed by atoms with Crippen molar-refractivity contribution in [2.24, 2.45) is 10.4 Å². The molecule has 0 atom stereocenters. The zero-order valence-electron chi connectivity index (χ0n) is 10.8. The fourth-order valence-corrected chi connectivity index (χ4v) is 2.61. The highest BCUT2D eigenvalue weighted by molar-refractivity contribution is 5.82. The molecule has 0 radical (unpaired) electrons. The monoisotopic (exact) mass is 224 g/mol. The van der Waals surface area contributed by atoms with Gasteiger partial charge in [0.25, 0.3) is 0 Å². The largest absolute Gasteiger partial charge is 0.370 e. The molecule has 1 N–H and O–H groups in total. The minimum Gasteiger partial charge on any atom is -0.370 e. The van der Waals surface area contributed by atoms with Crippen LogP contribution in [0, 0.1) is 5.41 Å². The van der Waals surface area contributed by atoms with Gasteiger partial charge in [-0.1, -0.05) is 6.92 Å². The van der Waals surface area contributed by atoms with Crippen LogP contribution >= 0.6 is 0 Å². The summed E-state index contributed by atoms with van der Waals surface area (Å²) >= 11 is 0. The Hall–Kier alpha value is -0.570. The lowest BCUT2D eigenvalue weighted by Gasteiger charge is -2.35. The van der Waals surface area contributed by atoms with Crippen LogP contribution in [0.3, 0.4) is 0 Å². The zero-order chi connectivity index (χ0) is 11.8. The molecule has 1 saturated carbocycles. The molecule has 16 heavy (non-hydrogen) atoms. The first-order valence-electron chi connectivity index (χ1n) is 6.50. The van der Waals surface area contributed by atoms with Crippen LogP contribution < -0.4 is 0 Å². The number of amidine groups is 1. The third kappa shape index (κ3) is 2.76. The van der Waals surface area contributed by atoms with Gasteiger partial charge in [0.05, 0.1) is 0 Å². The van der Waals surface area contributed by atoms with E-state index in [9.17, 15) is 5.11 Å². The van der Waals surface area contributed by atoms with Crippen molar-refractivity contribution in [3.63, 3.8) is 0 Å². The molecule has 3 nitrogen and oxygen atoms in total. The molecule has 0 amide bonds. The van der Waals surface area contributed by atoms with Gasteiger partial charge in [-0.3, -0.25) is 0 Å². The van der Waals surface area contributed by atoms with E-state index >= 15 is 0 Å². The predicted molar refractivity (Wildman–Crippen MR) is 66.5 cm³/mol. The Kier molecular flexibility index (Phi) is 2.99. The summed E-state index contributed by atoms with van der Waals surface area (Å²) in [6.45, 7) is 7.86. The molecule has 0 aromatic rings. The third-order valence-corrected chi connectivity index (χ3v) is 3.87. The van der Waals surface area contributed by atoms with Gasteiger partial charge in [0, 0.05) is 19.5 Å². The van der Waals surface area contributed by atoms with Crippen molar-refractivity contribution in [3.8, 4) is 0 Å². The van der Waals surface area contributed by atoms with Crippen molar-refractivity contribution in [1.82, 2.24) is 4.90 Å². The van der Waals surface area contributed by atoms with Crippen molar-refractivity contribution in [2.45, 2.75) is 58.6 Å². The third-order valence-electron chi connectivity index (χ3n) is 3.87. The van der Waals surface area contributed by atoms with Gasteiger partial charge < -0.3 is 10.0 Å². The molecule has 2 fully saturated rings. The summed E-state index contributed by atoms with van der Waals surface area (Å²) in [5.74, 6) is 1.07. The second kappa shape index (κ2) is 4.02. The van der Waals surface area contributed by atoms with E-state index in [1.807, 2.05) is 0 Å². The lowest BCUT2D eigenvalue weighted by molar-refractivity contribution is 0.0880. The first-order valence-corrected chi connectivity index (χ1v) is 6.50. The summed E-state index contributed by atoms with van der Waals surface area (Å²) in [4.78, 5) is 6.78. The smallest absolute Gasteiger partial charge is 0.152 e. The molecule has 0 bridgehead atoms. The average Bonchev–Trinajstić information content (AvgIpc) is 2.95. The van der Waals surface area contributed by atoms with E-state index < -0.39 is 5.72 Å². The Balaban J connectivity index is 1.97. The molecule has 2 aliphatic rings. The van der Waals surface area contributed by atoms with Gasteiger partial charge in [0.1, 0.15) is 5.84 Å². The molecule has 0 unspecified atom stereocenters. The Bertz CT molecular complexity index is 277. The van der Waals surface area contributed by atoms with Crippen molar-refractivity contribution in [3.05, 3.63) is 0 Å². The van der Waals surface area contributed by atoms with Gasteiger partial charge in [-0.25, -0.2) is 4.99 Å². The Labute approximate surface area is 98.6 Å². The van der Waals surface area contributed by atoms with E-state index in [-0.39, 0.29) is 0 Å². The maximum absolute atomic E-state index is 9.75. The quantitative estimate of drug-likeness (QED) is 0.577. The molecule has 1 aliphatic heterocycles. The van der Waals surface area contributed by atoms with Crippen LogP contribution in [0.25, 0.3) is 0 Å². The lowest BCUT2D eigenvalue weighted by atomic mass is 9.93. The van der Waals surface area contributed by atoms with Crippen LogP contribution in [0.2, 0.25) is 0 Å². The topological polar surface area (TPSA) is 35.8 Å². The van der Waals surface area contributed by atoms with Crippen molar-refractivity contribution < 1.29 is 5.11 Å². The fraction of sp³-hybridized carbons (Fsp3) is 0.923. The summed E-state index contributed by atoms with van der Waals surface area (Å²) in [6, 6.07) is 0. The molecular formula is C13H24N2O. The van der Waals surface area contributed by atoms with Crippen LogP contribution in [0.15, 0.2) is 4.99 Å². The Morgan fingerprint density at radius 3 is 2.19 bits per heavy atom. The van der Waals surface area contributed by atoms with Crippen LogP contribution in [-0.4, -0.2) is 34.7 Å². The van der Waals surface area contributed by atoms with Gasteiger partial charge in [-0.15, -0.1) is 0 Å². The lowest BCUT2D eigenvalue weighted by Crippen LogP contribution is -2.40. The van der Waals surface area contributed by atoms with Crippen LogP contribution in [-0.2, 0) is 0 Å². The van der Waals surface area contributed by atoms with E-state index in [0.717, 1.165) is 25.3 Å². The van der Waals surface area contributed by atoms with E-state index in [1.165, 1.54) is 25.7 Å². The molecule has 3 heteroatoms. The average molecular weight is 224 g/mol. The van der Waals surface area contributed by atoms with Crippen LogP contribution in [0.4, 0.5) is 0 Å². The fourth-order valence-electron chi connectivity index (χ4n) is 2.61. The number of aliphatic imine (C=N–C) groups is 1. The first kappa shape index (κ1) is 11.9. The van der Waals surface area contributed by atoms with Gasteiger partial charge in [-0.2, -0.15) is 0 Å². The maximum atomic E-state index is 9.75. The number of rotatable bonds is 2.